The Labute approximate surface area is 97.1 Å². The maximum Gasteiger partial charge on any atom is 0.223 e. The summed E-state index contributed by atoms with van der Waals surface area (Å²) in [5, 5.41) is 3.09. The lowest BCUT2D eigenvalue weighted by molar-refractivity contribution is -0.127. The molecule has 1 fully saturated rings. The first kappa shape index (κ1) is 11.2. The first-order valence-corrected chi connectivity index (χ1v) is 6.10. The van der Waals surface area contributed by atoms with Crippen molar-refractivity contribution in [1.29, 1.82) is 0 Å². The van der Waals surface area contributed by atoms with E-state index in [4.69, 9.17) is 0 Å². The Morgan fingerprint density at radius 3 is 2.62 bits per heavy atom. The van der Waals surface area contributed by atoms with E-state index in [2.05, 4.69) is 24.4 Å². The molecule has 2 nitrogen and oxygen atoms in total. The van der Waals surface area contributed by atoms with E-state index < -0.39 is 0 Å². The van der Waals surface area contributed by atoms with E-state index in [0.29, 0.717) is 5.92 Å². The van der Waals surface area contributed by atoms with Crippen LogP contribution >= 0.6 is 0 Å². The van der Waals surface area contributed by atoms with E-state index >= 15 is 0 Å². The molecule has 1 N–H and O–H groups in total. The zero-order chi connectivity index (χ0) is 11.4. The third kappa shape index (κ3) is 2.84. The molecule has 1 aliphatic rings. The minimum Gasteiger partial charge on any atom is -0.353 e. The van der Waals surface area contributed by atoms with Crippen molar-refractivity contribution >= 4 is 5.91 Å². The SMILES string of the molecule is CC(Cc1ccccc1)NC(=O)C1CCC1. The first-order valence-electron chi connectivity index (χ1n) is 6.10. The van der Waals surface area contributed by atoms with Crippen LogP contribution in [0.5, 0.6) is 0 Å². The number of amides is 1. The van der Waals surface area contributed by atoms with Gasteiger partial charge in [0.15, 0.2) is 0 Å². The van der Waals surface area contributed by atoms with E-state index in [1.165, 1.54) is 12.0 Å². The fourth-order valence-corrected chi connectivity index (χ4v) is 2.05. The van der Waals surface area contributed by atoms with Gasteiger partial charge in [0.25, 0.3) is 0 Å². The monoisotopic (exact) mass is 217 g/mol. The molecule has 1 aromatic carbocycles. The fourth-order valence-electron chi connectivity index (χ4n) is 2.05. The molecule has 1 aromatic rings. The Morgan fingerprint density at radius 1 is 1.38 bits per heavy atom. The van der Waals surface area contributed by atoms with Crippen LogP contribution in [0.4, 0.5) is 0 Å². The van der Waals surface area contributed by atoms with Crippen LogP contribution in [0.2, 0.25) is 0 Å². The lowest BCUT2D eigenvalue weighted by Crippen LogP contribution is -2.40. The highest BCUT2D eigenvalue weighted by atomic mass is 16.1. The molecule has 0 saturated heterocycles. The lowest BCUT2D eigenvalue weighted by atomic mass is 9.84. The largest absolute Gasteiger partial charge is 0.353 e. The van der Waals surface area contributed by atoms with Gasteiger partial charge >= 0.3 is 0 Å². The molecule has 1 saturated carbocycles. The molecule has 2 rings (SSSR count). The van der Waals surface area contributed by atoms with Crippen LogP contribution in [0.1, 0.15) is 31.7 Å². The topological polar surface area (TPSA) is 29.1 Å². The van der Waals surface area contributed by atoms with Gasteiger partial charge in [0, 0.05) is 12.0 Å². The average molecular weight is 217 g/mol. The van der Waals surface area contributed by atoms with Gasteiger partial charge in [-0.3, -0.25) is 4.79 Å². The molecule has 0 bridgehead atoms. The Kier molecular flexibility index (Phi) is 3.60. The average Bonchev–Trinajstić information content (AvgIpc) is 2.15. The van der Waals surface area contributed by atoms with Crippen molar-refractivity contribution in [1.82, 2.24) is 5.32 Å². The number of benzene rings is 1. The number of nitrogens with one attached hydrogen (secondary N) is 1. The second-order valence-electron chi connectivity index (χ2n) is 4.73. The fraction of sp³-hybridized carbons (Fsp3) is 0.500. The van der Waals surface area contributed by atoms with Gasteiger partial charge in [-0.1, -0.05) is 36.8 Å². The summed E-state index contributed by atoms with van der Waals surface area (Å²) in [7, 11) is 0. The molecule has 1 amide bonds. The van der Waals surface area contributed by atoms with Crippen molar-refractivity contribution in [2.75, 3.05) is 0 Å². The summed E-state index contributed by atoms with van der Waals surface area (Å²) in [6, 6.07) is 10.5. The molecule has 0 spiro atoms. The minimum atomic E-state index is 0.232. The highest BCUT2D eigenvalue weighted by molar-refractivity contribution is 5.79. The molecule has 1 atom stereocenters. The Bertz CT molecular complexity index is 343. The van der Waals surface area contributed by atoms with Crippen LogP contribution in [0, 0.1) is 5.92 Å². The molecule has 16 heavy (non-hydrogen) atoms. The van der Waals surface area contributed by atoms with Crippen molar-refractivity contribution in [3.05, 3.63) is 35.9 Å². The molecule has 2 heteroatoms. The number of carbonyl (C=O) groups is 1. The van der Waals surface area contributed by atoms with Gasteiger partial charge in [-0.25, -0.2) is 0 Å². The third-order valence-corrected chi connectivity index (χ3v) is 3.25. The quantitative estimate of drug-likeness (QED) is 0.825. The van der Waals surface area contributed by atoms with Crippen LogP contribution in [-0.4, -0.2) is 11.9 Å². The Hall–Kier alpha value is -1.31. The van der Waals surface area contributed by atoms with E-state index in [-0.39, 0.29) is 11.9 Å². The zero-order valence-corrected chi connectivity index (χ0v) is 9.78. The molecule has 1 aliphatic carbocycles. The van der Waals surface area contributed by atoms with Gasteiger partial charge < -0.3 is 5.32 Å². The number of hydrogen-bond donors (Lipinski definition) is 1. The first-order chi connectivity index (χ1) is 7.75. The summed E-state index contributed by atoms with van der Waals surface area (Å²) in [5.41, 5.74) is 1.28. The lowest BCUT2D eigenvalue weighted by Gasteiger charge is -2.26. The van der Waals surface area contributed by atoms with E-state index in [0.717, 1.165) is 19.3 Å². The number of hydrogen-bond acceptors (Lipinski definition) is 1. The summed E-state index contributed by atoms with van der Waals surface area (Å²) < 4.78 is 0. The third-order valence-electron chi connectivity index (χ3n) is 3.25. The molecule has 86 valence electrons. The van der Waals surface area contributed by atoms with Crippen molar-refractivity contribution in [2.24, 2.45) is 5.92 Å². The van der Waals surface area contributed by atoms with Gasteiger partial charge in [-0.2, -0.15) is 0 Å². The number of rotatable bonds is 4. The van der Waals surface area contributed by atoms with E-state index in [9.17, 15) is 4.79 Å². The number of carbonyl (C=O) groups excluding carboxylic acids is 1. The molecular formula is C14H19NO. The molecule has 0 radical (unpaired) electrons. The predicted octanol–water partition coefficient (Wildman–Crippen LogP) is 2.53. The minimum absolute atomic E-state index is 0.232. The van der Waals surface area contributed by atoms with Gasteiger partial charge in [0.2, 0.25) is 5.91 Å². The second-order valence-corrected chi connectivity index (χ2v) is 4.73. The van der Waals surface area contributed by atoms with Gasteiger partial charge in [0.1, 0.15) is 0 Å². The maximum atomic E-state index is 11.7. The van der Waals surface area contributed by atoms with Crippen LogP contribution in [-0.2, 0) is 11.2 Å². The van der Waals surface area contributed by atoms with Crippen LogP contribution in [0.3, 0.4) is 0 Å². The van der Waals surface area contributed by atoms with Gasteiger partial charge in [-0.05, 0) is 31.7 Å². The van der Waals surface area contributed by atoms with Crippen molar-refractivity contribution in [2.45, 2.75) is 38.6 Å². The Morgan fingerprint density at radius 2 is 2.06 bits per heavy atom. The van der Waals surface area contributed by atoms with Crippen molar-refractivity contribution in [3.63, 3.8) is 0 Å². The summed E-state index contributed by atoms with van der Waals surface area (Å²) in [6.45, 7) is 2.07. The summed E-state index contributed by atoms with van der Waals surface area (Å²) in [4.78, 5) is 11.7. The van der Waals surface area contributed by atoms with Gasteiger partial charge in [0.05, 0.1) is 0 Å². The highest BCUT2D eigenvalue weighted by Gasteiger charge is 2.25. The summed E-state index contributed by atoms with van der Waals surface area (Å²) >= 11 is 0. The molecular weight excluding hydrogens is 198 g/mol. The molecule has 1 unspecified atom stereocenters. The van der Waals surface area contributed by atoms with Crippen molar-refractivity contribution < 1.29 is 4.79 Å². The second kappa shape index (κ2) is 5.15. The predicted molar refractivity (Wildman–Crippen MR) is 65.1 cm³/mol. The van der Waals surface area contributed by atoms with Crippen molar-refractivity contribution in [3.8, 4) is 0 Å². The van der Waals surface area contributed by atoms with E-state index in [1.54, 1.807) is 0 Å². The maximum absolute atomic E-state index is 11.7. The smallest absolute Gasteiger partial charge is 0.223 e. The standard InChI is InChI=1S/C14H19NO/c1-11(10-12-6-3-2-4-7-12)15-14(16)13-8-5-9-13/h2-4,6-7,11,13H,5,8-10H2,1H3,(H,15,16). The molecule has 0 aromatic heterocycles. The normalized spacial score (nSPS) is 17.6. The van der Waals surface area contributed by atoms with Gasteiger partial charge in [-0.15, -0.1) is 0 Å². The summed E-state index contributed by atoms with van der Waals surface area (Å²) in [6.07, 6.45) is 4.28. The molecule has 0 heterocycles. The summed E-state index contributed by atoms with van der Waals surface area (Å²) in [5.74, 6) is 0.535. The zero-order valence-electron chi connectivity index (χ0n) is 9.78. The van der Waals surface area contributed by atoms with Crippen LogP contribution < -0.4 is 5.32 Å². The van der Waals surface area contributed by atoms with Crippen LogP contribution in [0.15, 0.2) is 30.3 Å². The van der Waals surface area contributed by atoms with E-state index in [1.807, 2.05) is 18.2 Å². The molecule has 0 aliphatic heterocycles. The highest BCUT2D eigenvalue weighted by Crippen LogP contribution is 2.26. The van der Waals surface area contributed by atoms with Crippen LogP contribution in [0.25, 0.3) is 0 Å². The Balaban J connectivity index is 1.79.